The molecule has 0 spiro atoms. The van der Waals surface area contributed by atoms with Crippen LogP contribution in [0.5, 0.6) is 5.75 Å². The van der Waals surface area contributed by atoms with Crippen molar-refractivity contribution in [2.75, 3.05) is 18.6 Å². The largest absolute Gasteiger partial charge is 0.497 e. The molecular weight excluding hydrogens is 372 g/mol. The number of hydrogen-bond donors (Lipinski definition) is 2. The van der Waals surface area contributed by atoms with Gasteiger partial charge in [-0.15, -0.1) is 4.91 Å². The predicted octanol–water partition coefficient (Wildman–Crippen LogP) is 4.07. The first-order valence-corrected chi connectivity index (χ1v) is 8.86. The van der Waals surface area contributed by atoms with Crippen molar-refractivity contribution in [1.29, 1.82) is 0 Å². The molecule has 148 valence electrons. The van der Waals surface area contributed by atoms with Crippen LogP contribution >= 0.6 is 0 Å². The molecule has 0 saturated heterocycles. The number of anilines is 2. The molecule has 2 amide bonds. The van der Waals surface area contributed by atoms with Gasteiger partial charge in [-0.3, -0.25) is 0 Å². The summed E-state index contributed by atoms with van der Waals surface area (Å²) >= 11 is 0. The van der Waals surface area contributed by atoms with Crippen LogP contribution < -0.4 is 15.0 Å². The molecule has 0 fully saturated rings. The number of benzene rings is 2. The molecule has 0 aliphatic heterocycles. The van der Waals surface area contributed by atoms with Crippen LogP contribution in [0, 0.1) is 4.91 Å². The van der Waals surface area contributed by atoms with Crippen molar-refractivity contribution in [1.82, 2.24) is 10.3 Å². The van der Waals surface area contributed by atoms with E-state index in [2.05, 4.69) is 15.5 Å². The average Bonchev–Trinajstić information content (AvgIpc) is 2.79. The van der Waals surface area contributed by atoms with Gasteiger partial charge in [0.1, 0.15) is 5.75 Å². The summed E-state index contributed by atoms with van der Waals surface area (Å²) in [6, 6.07) is 17.6. The van der Waals surface area contributed by atoms with Crippen molar-refractivity contribution in [3.8, 4) is 5.75 Å². The number of carbonyl (C=O) groups is 1. The lowest BCUT2D eigenvalue weighted by molar-refractivity contribution is 0.222. The number of nitroso groups, excluding NO2 is 1. The van der Waals surface area contributed by atoms with Crippen molar-refractivity contribution < 1.29 is 14.6 Å². The molecule has 8 nitrogen and oxygen atoms in total. The summed E-state index contributed by atoms with van der Waals surface area (Å²) < 4.78 is 5.16. The second-order valence-electron chi connectivity index (χ2n) is 6.07. The Balaban J connectivity index is 1.99. The number of pyridine rings is 1. The minimum Gasteiger partial charge on any atom is -0.497 e. The SMILES string of the molecule is COc1ccc(N(C(=O)NC(CO)c2ccccc2)c2ncccc2N=O)cc1. The summed E-state index contributed by atoms with van der Waals surface area (Å²) in [7, 11) is 1.54. The zero-order chi connectivity index (χ0) is 20.6. The second-order valence-corrected chi connectivity index (χ2v) is 6.07. The molecule has 8 heteroatoms. The van der Waals surface area contributed by atoms with Gasteiger partial charge in [0.2, 0.25) is 0 Å². The minimum atomic E-state index is -0.638. The van der Waals surface area contributed by atoms with Crippen LogP contribution in [0.2, 0.25) is 0 Å². The Kier molecular flexibility index (Phi) is 6.49. The maximum atomic E-state index is 13.2. The smallest absolute Gasteiger partial charge is 0.328 e. The molecule has 3 aromatic rings. The standard InChI is InChI=1S/C21H20N4O4/c1-29-17-11-9-16(10-12-17)25(20-18(24-28)8-5-13-22-20)21(27)23-19(14-26)15-6-3-2-4-7-15/h2-13,19,26H,14H2,1H3,(H,23,27). The summed E-state index contributed by atoms with van der Waals surface area (Å²) in [6.45, 7) is -0.298. The van der Waals surface area contributed by atoms with Crippen molar-refractivity contribution in [2.24, 2.45) is 5.18 Å². The van der Waals surface area contributed by atoms with E-state index in [-0.39, 0.29) is 18.1 Å². The molecule has 1 aromatic heterocycles. The third-order valence-electron chi connectivity index (χ3n) is 4.29. The van der Waals surface area contributed by atoms with Gasteiger partial charge in [-0.25, -0.2) is 14.7 Å². The van der Waals surface area contributed by atoms with E-state index in [1.807, 2.05) is 18.2 Å². The van der Waals surface area contributed by atoms with Gasteiger partial charge in [0.05, 0.1) is 25.4 Å². The highest BCUT2D eigenvalue weighted by Crippen LogP contribution is 2.33. The Hall–Kier alpha value is -3.78. The Morgan fingerprint density at radius 1 is 1.14 bits per heavy atom. The molecule has 0 radical (unpaired) electrons. The summed E-state index contributed by atoms with van der Waals surface area (Å²) in [4.78, 5) is 29.9. The topological polar surface area (TPSA) is 104 Å². The number of urea groups is 1. The highest BCUT2D eigenvalue weighted by molar-refractivity contribution is 6.01. The number of amides is 2. The van der Waals surface area contributed by atoms with Crippen LogP contribution in [0.25, 0.3) is 0 Å². The van der Waals surface area contributed by atoms with Crippen molar-refractivity contribution in [3.05, 3.63) is 83.4 Å². The highest BCUT2D eigenvalue weighted by atomic mass is 16.5. The fourth-order valence-electron chi connectivity index (χ4n) is 2.83. The van der Waals surface area contributed by atoms with E-state index >= 15 is 0 Å². The number of hydrogen-bond acceptors (Lipinski definition) is 6. The number of rotatable bonds is 7. The van der Waals surface area contributed by atoms with Crippen LogP contribution in [0.3, 0.4) is 0 Å². The van der Waals surface area contributed by atoms with Gasteiger partial charge in [-0.05, 0) is 47.1 Å². The number of methoxy groups -OCH3 is 1. The quantitative estimate of drug-likeness (QED) is 0.590. The second kappa shape index (κ2) is 9.43. The third kappa shape index (κ3) is 4.56. The molecule has 1 atom stereocenters. The van der Waals surface area contributed by atoms with Gasteiger partial charge < -0.3 is 15.2 Å². The summed E-state index contributed by atoms with van der Waals surface area (Å²) in [5.41, 5.74) is 1.21. The Morgan fingerprint density at radius 3 is 2.48 bits per heavy atom. The van der Waals surface area contributed by atoms with Crippen LogP contribution in [-0.4, -0.2) is 29.8 Å². The predicted molar refractivity (Wildman–Crippen MR) is 110 cm³/mol. The number of carbonyl (C=O) groups excluding carboxylic acids is 1. The van der Waals surface area contributed by atoms with E-state index in [1.54, 1.807) is 49.6 Å². The maximum Gasteiger partial charge on any atom is 0.328 e. The number of ether oxygens (including phenoxy) is 1. The van der Waals surface area contributed by atoms with Crippen LogP contribution in [0.15, 0.2) is 78.1 Å². The number of aliphatic hydroxyl groups is 1. The summed E-state index contributed by atoms with van der Waals surface area (Å²) in [5.74, 6) is 0.691. The third-order valence-corrected chi connectivity index (χ3v) is 4.29. The molecule has 1 heterocycles. The van der Waals surface area contributed by atoms with E-state index in [0.29, 0.717) is 11.4 Å². The number of aliphatic hydroxyl groups excluding tert-OH is 1. The van der Waals surface area contributed by atoms with Gasteiger partial charge in [0.15, 0.2) is 11.5 Å². The summed E-state index contributed by atoms with van der Waals surface area (Å²) in [6.07, 6.45) is 1.47. The lowest BCUT2D eigenvalue weighted by atomic mass is 10.1. The number of nitrogens with zero attached hydrogens (tertiary/aromatic N) is 3. The van der Waals surface area contributed by atoms with Gasteiger partial charge in [0.25, 0.3) is 0 Å². The van der Waals surface area contributed by atoms with E-state index < -0.39 is 12.1 Å². The molecule has 1 unspecified atom stereocenters. The van der Waals surface area contributed by atoms with Crippen molar-refractivity contribution >= 4 is 23.2 Å². The monoisotopic (exact) mass is 392 g/mol. The average molecular weight is 392 g/mol. The highest BCUT2D eigenvalue weighted by Gasteiger charge is 2.25. The normalized spacial score (nSPS) is 11.4. The first-order chi connectivity index (χ1) is 14.2. The number of aromatic nitrogens is 1. The van der Waals surface area contributed by atoms with Gasteiger partial charge in [-0.2, -0.15) is 0 Å². The molecule has 0 aliphatic carbocycles. The lowest BCUT2D eigenvalue weighted by Crippen LogP contribution is -2.40. The van der Waals surface area contributed by atoms with E-state index in [1.165, 1.54) is 17.2 Å². The van der Waals surface area contributed by atoms with Gasteiger partial charge in [-0.1, -0.05) is 30.3 Å². The zero-order valence-corrected chi connectivity index (χ0v) is 15.7. The molecule has 3 rings (SSSR count). The van der Waals surface area contributed by atoms with E-state index in [0.717, 1.165) is 5.56 Å². The fourth-order valence-corrected chi connectivity index (χ4v) is 2.83. The Bertz CT molecular complexity index is 964. The molecule has 0 saturated carbocycles. The van der Waals surface area contributed by atoms with Gasteiger partial charge >= 0.3 is 6.03 Å². The van der Waals surface area contributed by atoms with E-state index in [4.69, 9.17) is 4.74 Å². The first-order valence-electron chi connectivity index (χ1n) is 8.86. The maximum absolute atomic E-state index is 13.2. The molecule has 0 aliphatic rings. The van der Waals surface area contributed by atoms with Crippen LogP contribution in [0.1, 0.15) is 11.6 Å². The molecular formula is C21H20N4O4. The van der Waals surface area contributed by atoms with Crippen LogP contribution in [-0.2, 0) is 0 Å². The van der Waals surface area contributed by atoms with E-state index in [9.17, 15) is 14.8 Å². The first kappa shape index (κ1) is 20.0. The summed E-state index contributed by atoms with van der Waals surface area (Å²) in [5, 5.41) is 15.6. The van der Waals surface area contributed by atoms with Gasteiger partial charge in [0, 0.05) is 6.20 Å². The molecule has 0 bridgehead atoms. The fraction of sp³-hybridized carbons (Fsp3) is 0.143. The minimum absolute atomic E-state index is 0.0127. The zero-order valence-electron chi connectivity index (χ0n) is 15.7. The molecule has 29 heavy (non-hydrogen) atoms. The lowest BCUT2D eigenvalue weighted by Gasteiger charge is -2.26. The molecule has 2 N–H and O–H groups in total. The Morgan fingerprint density at radius 2 is 1.86 bits per heavy atom. The van der Waals surface area contributed by atoms with Crippen LogP contribution in [0.4, 0.5) is 22.0 Å². The van der Waals surface area contributed by atoms with Crippen molar-refractivity contribution in [3.63, 3.8) is 0 Å². The Labute approximate surface area is 167 Å². The van der Waals surface area contributed by atoms with Crippen molar-refractivity contribution in [2.45, 2.75) is 6.04 Å². The molecule has 2 aromatic carbocycles. The number of nitrogens with one attached hydrogen (secondary N) is 1.